The number of allylic oxidation sites excluding steroid dienone is 1. The number of carbonyl (C=O) groups excluding carboxylic acids is 1. The third kappa shape index (κ3) is 10.1. The second kappa shape index (κ2) is 13.2. The molecule has 0 fully saturated rings. The van der Waals surface area contributed by atoms with Gasteiger partial charge >= 0.3 is 5.97 Å². The zero-order chi connectivity index (χ0) is 15.2. The van der Waals surface area contributed by atoms with E-state index in [2.05, 4.69) is 26.8 Å². The Kier molecular flexibility index (Phi) is 12.7. The molecule has 2 heteroatoms. The summed E-state index contributed by atoms with van der Waals surface area (Å²) in [6.45, 7) is 9.08. The molecule has 0 heterocycles. The Morgan fingerprint density at radius 3 is 2.35 bits per heavy atom. The van der Waals surface area contributed by atoms with Crippen LogP contribution in [-0.4, -0.2) is 12.6 Å². The summed E-state index contributed by atoms with van der Waals surface area (Å²) in [6.07, 6.45) is 12.6. The highest BCUT2D eigenvalue weighted by Gasteiger charge is 2.08. The average molecular weight is 282 g/mol. The Morgan fingerprint density at radius 1 is 1.05 bits per heavy atom. The van der Waals surface area contributed by atoms with Gasteiger partial charge in [0.2, 0.25) is 0 Å². The molecule has 0 rings (SSSR count). The number of carbonyl (C=O) groups is 1. The fourth-order valence-corrected chi connectivity index (χ4v) is 2.22. The van der Waals surface area contributed by atoms with Crippen molar-refractivity contribution in [3.8, 4) is 0 Å². The first-order chi connectivity index (χ1) is 9.65. The minimum absolute atomic E-state index is 0.133. The van der Waals surface area contributed by atoms with E-state index in [9.17, 15) is 4.79 Å². The standard InChI is InChI=1S/C18H34O2/c1-5-8-10-11-15-20-18(19)16(4)13-14-17(7-3)12-9-6-2/h13,17H,5-12,14-15H2,1-4H3. The van der Waals surface area contributed by atoms with Crippen LogP contribution in [0.15, 0.2) is 11.6 Å². The van der Waals surface area contributed by atoms with Crippen molar-refractivity contribution in [2.24, 2.45) is 5.92 Å². The molecule has 20 heavy (non-hydrogen) atoms. The van der Waals surface area contributed by atoms with Crippen LogP contribution in [0.3, 0.4) is 0 Å². The van der Waals surface area contributed by atoms with E-state index in [-0.39, 0.29) is 5.97 Å². The highest BCUT2D eigenvalue weighted by Crippen LogP contribution is 2.18. The lowest BCUT2D eigenvalue weighted by molar-refractivity contribution is -0.139. The molecule has 0 saturated carbocycles. The van der Waals surface area contributed by atoms with Crippen LogP contribution in [0.4, 0.5) is 0 Å². The van der Waals surface area contributed by atoms with Gasteiger partial charge in [-0.15, -0.1) is 0 Å². The zero-order valence-corrected chi connectivity index (χ0v) is 14.0. The summed E-state index contributed by atoms with van der Waals surface area (Å²) >= 11 is 0. The molecule has 0 bridgehead atoms. The van der Waals surface area contributed by atoms with Crippen molar-refractivity contribution in [1.29, 1.82) is 0 Å². The molecule has 0 spiro atoms. The Bertz CT molecular complexity index is 269. The molecule has 0 aromatic heterocycles. The molecule has 1 atom stereocenters. The van der Waals surface area contributed by atoms with Crippen LogP contribution in [0.25, 0.3) is 0 Å². The maximum atomic E-state index is 11.8. The van der Waals surface area contributed by atoms with E-state index in [4.69, 9.17) is 4.74 Å². The topological polar surface area (TPSA) is 26.3 Å². The monoisotopic (exact) mass is 282 g/mol. The summed E-state index contributed by atoms with van der Waals surface area (Å²) in [5.41, 5.74) is 0.774. The fourth-order valence-electron chi connectivity index (χ4n) is 2.22. The van der Waals surface area contributed by atoms with Crippen molar-refractivity contribution in [3.05, 3.63) is 11.6 Å². The SMILES string of the molecule is CCCCCCOC(=O)C(C)=CCC(CC)CCCC. The zero-order valence-electron chi connectivity index (χ0n) is 14.0. The van der Waals surface area contributed by atoms with Crippen LogP contribution in [0.2, 0.25) is 0 Å². The Balaban J connectivity index is 3.92. The summed E-state index contributed by atoms with van der Waals surface area (Å²) in [4.78, 5) is 11.8. The molecular weight excluding hydrogens is 248 g/mol. The van der Waals surface area contributed by atoms with E-state index >= 15 is 0 Å². The van der Waals surface area contributed by atoms with E-state index < -0.39 is 0 Å². The molecule has 0 radical (unpaired) electrons. The highest BCUT2D eigenvalue weighted by atomic mass is 16.5. The van der Waals surface area contributed by atoms with Gasteiger partial charge in [0, 0.05) is 5.57 Å². The third-order valence-corrected chi connectivity index (χ3v) is 3.85. The quantitative estimate of drug-likeness (QED) is 0.262. The van der Waals surface area contributed by atoms with Gasteiger partial charge in [0.25, 0.3) is 0 Å². The van der Waals surface area contributed by atoms with Crippen LogP contribution in [0.1, 0.15) is 85.5 Å². The molecule has 0 aliphatic rings. The van der Waals surface area contributed by atoms with Gasteiger partial charge in [-0.2, -0.15) is 0 Å². The van der Waals surface area contributed by atoms with Crippen molar-refractivity contribution in [1.82, 2.24) is 0 Å². The van der Waals surface area contributed by atoms with Gasteiger partial charge in [-0.1, -0.05) is 71.8 Å². The molecule has 0 saturated heterocycles. The lowest BCUT2D eigenvalue weighted by Gasteiger charge is -2.12. The van der Waals surface area contributed by atoms with Gasteiger partial charge in [-0.25, -0.2) is 4.79 Å². The molecule has 1 unspecified atom stereocenters. The first-order valence-electron chi connectivity index (χ1n) is 8.49. The molecule has 0 N–H and O–H groups in total. The molecule has 0 aliphatic heterocycles. The van der Waals surface area contributed by atoms with Crippen molar-refractivity contribution in [2.45, 2.75) is 85.5 Å². The van der Waals surface area contributed by atoms with Gasteiger partial charge in [0.05, 0.1) is 6.61 Å². The average Bonchev–Trinajstić information content (AvgIpc) is 2.46. The fraction of sp³-hybridized carbons (Fsp3) is 0.833. The lowest BCUT2D eigenvalue weighted by atomic mass is 9.95. The first kappa shape index (κ1) is 19.2. The highest BCUT2D eigenvalue weighted by molar-refractivity contribution is 5.87. The molecule has 0 aromatic carbocycles. The number of hydrogen-bond donors (Lipinski definition) is 0. The number of unbranched alkanes of at least 4 members (excludes halogenated alkanes) is 4. The van der Waals surface area contributed by atoms with Gasteiger partial charge < -0.3 is 4.74 Å². The number of esters is 1. The number of hydrogen-bond acceptors (Lipinski definition) is 2. The molecule has 0 aromatic rings. The Labute approximate surface area is 126 Å². The van der Waals surface area contributed by atoms with Crippen LogP contribution in [0, 0.1) is 5.92 Å². The summed E-state index contributed by atoms with van der Waals surface area (Å²) in [6, 6.07) is 0. The maximum absolute atomic E-state index is 11.8. The van der Waals surface area contributed by atoms with E-state index in [0.29, 0.717) is 12.5 Å². The van der Waals surface area contributed by atoms with Gasteiger partial charge in [0.1, 0.15) is 0 Å². The largest absolute Gasteiger partial charge is 0.462 e. The Hall–Kier alpha value is -0.790. The lowest BCUT2D eigenvalue weighted by Crippen LogP contribution is -2.08. The van der Waals surface area contributed by atoms with Crippen LogP contribution < -0.4 is 0 Å². The number of ether oxygens (including phenoxy) is 1. The second-order valence-corrected chi connectivity index (χ2v) is 5.74. The summed E-state index contributed by atoms with van der Waals surface area (Å²) < 4.78 is 5.29. The van der Waals surface area contributed by atoms with Crippen molar-refractivity contribution in [2.75, 3.05) is 6.61 Å². The molecule has 118 valence electrons. The maximum Gasteiger partial charge on any atom is 0.333 e. The predicted molar refractivity (Wildman–Crippen MR) is 86.8 cm³/mol. The van der Waals surface area contributed by atoms with Crippen molar-refractivity contribution in [3.63, 3.8) is 0 Å². The summed E-state index contributed by atoms with van der Waals surface area (Å²) in [5, 5.41) is 0. The van der Waals surface area contributed by atoms with Crippen molar-refractivity contribution < 1.29 is 9.53 Å². The van der Waals surface area contributed by atoms with E-state index in [1.54, 1.807) is 0 Å². The van der Waals surface area contributed by atoms with Crippen molar-refractivity contribution >= 4 is 5.97 Å². The molecule has 0 amide bonds. The van der Waals surface area contributed by atoms with Gasteiger partial charge in [-0.05, 0) is 25.7 Å². The summed E-state index contributed by atoms with van der Waals surface area (Å²) in [7, 11) is 0. The normalized spacial score (nSPS) is 13.3. The molecular formula is C18H34O2. The Morgan fingerprint density at radius 2 is 1.75 bits per heavy atom. The minimum atomic E-state index is -0.133. The van der Waals surface area contributed by atoms with E-state index in [1.807, 2.05) is 6.92 Å². The van der Waals surface area contributed by atoms with Gasteiger partial charge in [-0.3, -0.25) is 0 Å². The van der Waals surface area contributed by atoms with Crippen LogP contribution in [0.5, 0.6) is 0 Å². The molecule has 2 nitrogen and oxygen atoms in total. The van der Waals surface area contributed by atoms with Crippen LogP contribution >= 0.6 is 0 Å². The first-order valence-corrected chi connectivity index (χ1v) is 8.49. The second-order valence-electron chi connectivity index (χ2n) is 5.74. The third-order valence-electron chi connectivity index (χ3n) is 3.85. The van der Waals surface area contributed by atoms with Crippen LogP contribution in [-0.2, 0) is 9.53 Å². The van der Waals surface area contributed by atoms with E-state index in [1.165, 1.54) is 38.5 Å². The minimum Gasteiger partial charge on any atom is -0.462 e. The summed E-state index contributed by atoms with van der Waals surface area (Å²) in [5.74, 6) is 0.578. The smallest absolute Gasteiger partial charge is 0.333 e. The number of rotatable bonds is 12. The van der Waals surface area contributed by atoms with Gasteiger partial charge in [0.15, 0.2) is 0 Å². The molecule has 0 aliphatic carbocycles. The van der Waals surface area contributed by atoms with E-state index in [0.717, 1.165) is 24.8 Å². The predicted octanol–water partition coefficient (Wildman–Crippen LogP) is 5.66.